The molecule has 0 saturated carbocycles. The first-order chi connectivity index (χ1) is 9.51. The molecule has 2 aromatic rings. The third-order valence-electron chi connectivity index (χ3n) is 2.78. The van der Waals surface area contributed by atoms with Gasteiger partial charge in [-0.15, -0.1) is 0 Å². The predicted molar refractivity (Wildman–Crippen MR) is 77.8 cm³/mol. The fourth-order valence-corrected chi connectivity index (χ4v) is 2.19. The van der Waals surface area contributed by atoms with Crippen molar-refractivity contribution in [3.8, 4) is 17.2 Å². The highest BCUT2D eigenvalue weighted by Gasteiger charge is 2.13. The predicted octanol–water partition coefficient (Wildman–Crippen LogP) is 4.44. The second-order valence-corrected chi connectivity index (χ2v) is 5.11. The summed E-state index contributed by atoms with van der Waals surface area (Å²) in [4.78, 5) is 0. The third-order valence-corrected chi connectivity index (χ3v) is 3.40. The summed E-state index contributed by atoms with van der Waals surface area (Å²) in [6.45, 7) is 1.56. The van der Waals surface area contributed by atoms with Crippen LogP contribution in [0.4, 0.5) is 4.39 Å². The molecular weight excluding hydrogens is 327 g/mol. The van der Waals surface area contributed by atoms with Crippen LogP contribution in [0.15, 0.2) is 40.9 Å². The van der Waals surface area contributed by atoms with E-state index in [-0.39, 0.29) is 0 Å². The molecule has 0 fully saturated rings. The number of aliphatic hydroxyl groups excluding tert-OH is 1. The summed E-state index contributed by atoms with van der Waals surface area (Å²) in [6.07, 6.45) is -0.822. The second kappa shape index (κ2) is 6.24. The topological polar surface area (TPSA) is 38.7 Å². The number of ether oxygens (including phenoxy) is 2. The van der Waals surface area contributed by atoms with Gasteiger partial charge in [-0.2, -0.15) is 0 Å². The van der Waals surface area contributed by atoms with Crippen LogP contribution in [0.5, 0.6) is 17.2 Å². The molecule has 0 aromatic heterocycles. The van der Waals surface area contributed by atoms with Crippen molar-refractivity contribution in [2.24, 2.45) is 0 Å². The summed E-state index contributed by atoms with van der Waals surface area (Å²) in [5, 5.41) is 9.68. The highest BCUT2D eigenvalue weighted by molar-refractivity contribution is 9.10. The number of rotatable bonds is 4. The van der Waals surface area contributed by atoms with Crippen LogP contribution in [0, 0.1) is 5.82 Å². The minimum Gasteiger partial charge on any atom is -0.497 e. The Hall–Kier alpha value is -1.59. The van der Waals surface area contributed by atoms with Gasteiger partial charge in [0.1, 0.15) is 23.1 Å². The molecule has 0 heterocycles. The molecule has 20 heavy (non-hydrogen) atoms. The standard InChI is InChI=1S/C15H14BrFO3/c1-9(18)12-7-10(17)3-5-14(12)20-15-6-4-11(19-2)8-13(15)16/h3-9,18H,1-2H3/t9-/m0/s1. The Balaban J connectivity index is 2.35. The summed E-state index contributed by atoms with van der Waals surface area (Å²) in [5.74, 6) is 1.24. The first-order valence-corrected chi connectivity index (χ1v) is 6.79. The minimum atomic E-state index is -0.822. The second-order valence-electron chi connectivity index (χ2n) is 4.26. The SMILES string of the molecule is COc1ccc(Oc2ccc(F)cc2[C@H](C)O)c(Br)c1. The molecule has 0 spiro atoms. The van der Waals surface area contributed by atoms with Crippen molar-refractivity contribution < 1.29 is 19.0 Å². The first kappa shape index (κ1) is 14.8. The Morgan fingerprint density at radius 3 is 2.45 bits per heavy atom. The summed E-state index contributed by atoms with van der Waals surface area (Å²) in [5.41, 5.74) is 0.396. The number of hydrogen-bond acceptors (Lipinski definition) is 3. The first-order valence-electron chi connectivity index (χ1n) is 6.00. The molecule has 0 aliphatic carbocycles. The fraction of sp³-hybridized carbons (Fsp3) is 0.200. The Labute approximate surface area is 125 Å². The van der Waals surface area contributed by atoms with Gasteiger partial charge in [0.15, 0.2) is 0 Å². The van der Waals surface area contributed by atoms with Gasteiger partial charge >= 0.3 is 0 Å². The molecule has 1 N–H and O–H groups in total. The fourth-order valence-electron chi connectivity index (χ4n) is 1.75. The van der Waals surface area contributed by atoms with Gasteiger partial charge in [0.05, 0.1) is 17.7 Å². The maximum Gasteiger partial charge on any atom is 0.141 e. The molecule has 1 atom stereocenters. The summed E-state index contributed by atoms with van der Waals surface area (Å²) >= 11 is 3.38. The van der Waals surface area contributed by atoms with Gasteiger partial charge in [0.2, 0.25) is 0 Å². The van der Waals surface area contributed by atoms with Crippen LogP contribution in [0.3, 0.4) is 0 Å². The number of halogens is 2. The van der Waals surface area contributed by atoms with Crippen LogP contribution >= 0.6 is 15.9 Å². The van der Waals surface area contributed by atoms with E-state index in [9.17, 15) is 9.50 Å². The van der Waals surface area contributed by atoms with E-state index in [0.29, 0.717) is 27.3 Å². The average Bonchev–Trinajstić information content (AvgIpc) is 2.42. The van der Waals surface area contributed by atoms with E-state index in [4.69, 9.17) is 9.47 Å². The molecule has 3 nitrogen and oxygen atoms in total. The Bertz CT molecular complexity index is 614. The van der Waals surface area contributed by atoms with E-state index in [0.717, 1.165) is 0 Å². The van der Waals surface area contributed by atoms with Gasteiger partial charge in [-0.3, -0.25) is 0 Å². The molecule has 0 bridgehead atoms. The zero-order valence-corrected chi connectivity index (χ0v) is 12.6. The van der Waals surface area contributed by atoms with Crippen LogP contribution in [-0.2, 0) is 0 Å². The van der Waals surface area contributed by atoms with Gasteiger partial charge in [-0.25, -0.2) is 4.39 Å². The quantitative estimate of drug-likeness (QED) is 0.893. The van der Waals surface area contributed by atoms with E-state index in [1.165, 1.54) is 18.2 Å². The molecular formula is C15H14BrFO3. The molecule has 2 aromatic carbocycles. The lowest BCUT2D eigenvalue weighted by atomic mass is 10.1. The largest absolute Gasteiger partial charge is 0.497 e. The van der Waals surface area contributed by atoms with E-state index in [2.05, 4.69) is 15.9 Å². The van der Waals surface area contributed by atoms with Crippen LogP contribution < -0.4 is 9.47 Å². The Morgan fingerprint density at radius 2 is 1.85 bits per heavy atom. The normalized spacial score (nSPS) is 12.1. The average molecular weight is 341 g/mol. The summed E-state index contributed by atoms with van der Waals surface area (Å²) in [6, 6.07) is 9.30. The summed E-state index contributed by atoms with van der Waals surface area (Å²) in [7, 11) is 1.58. The lowest BCUT2D eigenvalue weighted by Gasteiger charge is -2.14. The molecule has 0 aliphatic rings. The molecule has 106 valence electrons. The maximum absolute atomic E-state index is 13.2. The number of hydrogen-bond donors (Lipinski definition) is 1. The van der Waals surface area contributed by atoms with Crippen molar-refractivity contribution in [2.75, 3.05) is 7.11 Å². The van der Waals surface area contributed by atoms with Crippen LogP contribution in [-0.4, -0.2) is 12.2 Å². The number of benzene rings is 2. The molecule has 0 unspecified atom stereocenters. The highest BCUT2D eigenvalue weighted by Crippen LogP contribution is 2.35. The van der Waals surface area contributed by atoms with Gasteiger partial charge < -0.3 is 14.6 Å². The van der Waals surface area contributed by atoms with Crippen molar-refractivity contribution >= 4 is 15.9 Å². The smallest absolute Gasteiger partial charge is 0.141 e. The Kier molecular flexibility index (Phi) is 4.62. The monoisotopic (exact) mass is 340 g/mol. The van der Waals surface area contributed by atoms with Crippen molar-refractivity contribution in [2.45, 2.75) is 13.0 Å². The zero-order chi connectivity index (χ0) is 14.7. The number of methoxy groups -OCH3 is 1. The molecule has 0 aliphatic heterocycles. The number of aliphatic hydroxyl groups is 1. The molecule has 0 amide bonds. The van der Waals surface area contributed by atoms with Gasteiger partial charge in [0.25, 0.3) is 0 Å². The highest BCUT2D eigenvalue weighted by atomic mass is 79.9. The molecule has 0 radical (unpaired) electrons. The lowest BCUT2D eigenvalue weighted by Crippen LogP contribution is -1.97. The van der Waals surface area contributed by atoms with Gasteiger partial charge in [-0.1, -0.05) is 0 Å². The van der Waals surface area contributed by atoms with Crippen LogP contribution in [0.25, 0.3) is 0 Å². The maximum atomic E-state index is 13.2. The van der Waals surface area contributed by atoms with Crippen LogP contribution in [0.2, 0.25) is 0 Å². The zero-order valence-electron chi connectivity index (χ0n) is 11.1. The van der Waals surface area contributed by atoms with E-state index >= 15 is 0 Å². The molecule has 2 rings (SSSR count). The summed E-state index contributed by atoms with van der Waals surface area (Å²) < 4.78 is 24.8. The van der Waals surface area contributed by atoms with Crippen molar-refractivity contribution in [3.63, 3.8) is 0 Å². The van der Waals surface area contributed by atoms with Crippen molar-refractivity contribution in [1.29, 1.82) is 0 Å². The van der Waals surface area contributed by atoms with E-state index in [1.54, 1.807) is 32.2 Å². The Morgan fingerprint density at radius 1 is 1.15 bits per heavy atom. The van der Waals surface area contributed by atoms with Crippen molar-refractivity contribution in [3.05, 3.63) is 52.3 Å². The molecule has 0 saturated heterocycles. The minimum absolute atomic E-state index is 0.396. The van der Waals surface area contributed by atoms with E-state index < -0.39 is 11.9 Å². The van der Waals surface area contributed by atoms with Crippen molar-refractivity contribution in [1.82, 2.24) is 0 Å². The van der Waals surface area contributed by atoms with Gasteiger partial charge in [-0.05, 0) is 59.3 Å². The van der Waals surface area contributed by atoms with Gasteiger partial charge in [0, 0.05) is 5.56 Å². The molecule has 5 heteroatoms. The van der Waals surface area contributed by atoms with E-state index in [1.807, 2.05) is 0 Å². The lowest BCUT2D eigenvalue weighted by molar-refractivity contribution is 0.195. The van der Waals surface area contributed by atoms with Crippen LogP contribution in [0.1, 0.15) is 18.6 Å². The third kappa shape index (κ3) is 3.29.